The topological polar surface area (TPSA) is 71.3 Å². The monoisotopic (exact) mass is 312 g/mol. The number of rotatable bonds is 6. The Morgan fingerprint density at radius 2 is 2.13 bits per heavy atom. The fourth-order valence-corrected chi connectivity index (χ4v) is 3.23. The highest BCUT2D eigenvalue weighted by molar-refractivity contribution is 5.98. The van der Waals surface area contributed by atoms with Crippen LogP contribution >= 0.6 is 0 Å². The Morgan fingerprint density at radius 1 is 1.35 bits per heavy atom. The van der Waals surface area contributed by atoms with Crippen molar-refractivity contribution < 1.29 is 14.7 Å². The molecule has 3 rings (SSSR count). The summed E-state index contributed by atoms with van der Waals surface area (Å²) in [5.74, 6) is -0.829. The maximum atomic E-state index is 12.6. The van der Waals surface area contributed by atoms with Gasteiger partial charge in [-0.25, -0.2) is 0 Å². The largest absolute Gasteiger partial charge is 0.480 e. The molecule has 1 aliphatic rings. The van der Waals surface area contributed by atoms with E-state index in [9.17, 15) is 9.59 Å². The summed E-state index contributed by atoms with van der Waals surface area (Å²) in [7, 11) is 0. The van der Waals surface area contributed by atoms with E-state index in [0.717, 1.165) is 35.9 Å². The number of aromatic nitrogens is 1. The number of aliphatic carboxylic acids is 1. The number of carboxylic acids is 1. The first-order valence-electron chi connectivity index (χ1n) is 7.77. The molecule has 0 atom stereocenters. The zero-order valence-electron chi connectivity index (χ0n) is 12.9. The molecule has 1 fully saturated rings. The molecule has 0 spiro atoms. The van der Waals surface area contributed by atoms with E-state index in [1.165, 1.54) is 0 Å². The summed E-state index contributed by atoms with van der Waals surface area (Å²) in [5, 5.41) is 12.8. The van der Waals surface area contributed by atoms with Gasteiger partial charge in [0, 0.05) is 22.8 Å². The number of fused-ring (bicyclic) bond motifs is 1. The molecule has 5 heteroatoms. The van der Waals surface area contributed by atoms with Crippen molar-refractivity contribution in [1.29, 1.82) is 0 Å². The van der Waals surface area contributed by atoms with Crippen LogP contribution in [0.4, 0.5) is 5.69 Å². The van der Waals surface area contributed by atoms with Gasteiger partial charge in [-0.1, -0.05) is 12.5 Å². The number of hydrogen-bond acceptors (Lipinski definition) is 2. The normalized spacial score (nSPS) is 15.8. The summed E-state index contributed by atoms with van der Waals surface area (Å²) in [5.41, 5.74) is 1.28. The van der Waals surface area contributed by atoms with Gasteiger partial charge < -0.3 is 15.0 Å². The van der Waals surface area contributed by atoms with Crippen molar-refractivity contribution in [2.75, 3.05) is 5.32 Å². The minimum Gasteiger partial charge on any atom is -0.480 e. The number of amides is 1. The van der Waals surface area contributed by atoms with E-state index in [1.807, 2.05) is 30.3 Å². The quantitative estimate of drug-likeness (QED) is 0.803. The number of nitrogens with zero attached hydrogens (tertiary/aromatic N) is 1. The SMILES string of the molecule is C=CCC1(C(=O)Nc2ccc3c(ccn3CC(=O)O)c2)CCC1. The van der Waals surface area contributed by atoms with Gasteiger partial charge in [0.1, 0.15) is 6.54 Å². The van der Waals surface area contributed by atoms with Crippen LogP contribution in [0.3, 0.4) is 0 Å². The summed E-state index contributed by atoms with van der Waals surface area (Å²) in [4.78, 5) is 23.4. The average Bonchev–Trinajstić information content (AvgIpc) is 2.84. The maximum absolute atomic E-state index is 12.6. The molecule has 23 heavy (non-hydrogen) atoms. The molecule has 1 aromatic heterocycles. The van der Waals surface area contributed by atoms with E-state index in [2.05, 4.69) is 11.9 Å². The summed E-state index contributed by atoms with van der Waals surface area (Å²) in [6, 6.07) is 7.40. The van der Waals surface area contributed by atoms with Crippen molar-refractivity contribution in [2.45, 2.75) is 32.2 Å². The van der Waals surface area contributed by atoms with Gasteiger partial charge in [-0.15, -0.1) is 6.58 Å². The lowest BCUT2D eigenvalue weighted by Gasteiger charge is -2.39. The molecule has 120 valence electrons. The van der Waals surface area contributed by atoms with Gasteiger partial charge in [-0.3, -0.25) is 9.59 Å². The van der Waals surface area contributed by atoms with Crippen LogP contribution in [0.5, 0.6) is 0 Å². The second kappa shape index (κ2) is 5.91. The van der Waals surface area contributed by atoms with Crippen LogP contribution in [-0.4, -0.2) is 21.6 Å². The molecule has 2 aromatic rings. The van der Waals surface area contributed by atoms with Gasteiger partial charge in [-0.2, -0.15) is 0 Å². The summed E-state index contributed by atoms with van der Waals surface area (Å²) in [6.07, 6.45) is 7.15. The Labute approximate surface area is 134 Å². The van der Waals surface area contributed by atoms with E-state index in [0.29, 0.717) is 6.42 Å². The summed E-state index contributed by atoms with van der Waals surface area (Å²) >= 11 is 0. The highest BCUT2D eigenvalue weighted by Gasteiger charge is 2.42. The highest BCUT2D eigenvalue weighted by atomic mass is 16.4. The molecule has 1 heterocycles. The van der Waals surface area contributed by atoms with Crippen molar-refractivity contribution in [3.8, 4) is 0 Å². The maximum Gasteiger partial charge on any atom is 0.323 e. The number of allylic oxidation sites excluding steroid dienone is 1. The van der Waals surface area contributed by atoms with Crippen LogP contribution in [0.15, 0.2) is 43.1 Å². The molecule has 1 amide bonds. The Kier molecular flexibility index (Phi) is 3.94. The number of anilines is 1. The van der Waals surface area contributed by atoms with Gasteiger partial charge in [-0.05, 0) is 43.5 Å². The van der Waals surface area contributed by atoms with Crippen LogP contribution in [0, 0.1) is 5.41 Å². The Hall–Kier alpha value is -2.56. The molecular weight excluding hydrogens is 292 g/mol. The number of hydrogen-bond donors (Lipinski definition) is 2. The number of carbonyl (C=O) groups is 2. The highest BCUT2D eigenvalue weighted by Crippen LogP contribution is 2.45. The van der Waals surface area contributed by atoms with Crippen molar-refractivity contribution in [3.63, 3.8) is 0 Å². The van der Waals surface area contributed by atoms with Gasteiger partial charge in [0.2, 0.25) is 5.91 Å². The lowest BCUT2D eigenvalue weighted by molar-refractivity contribution is -0.137. The fourth-order valence-electron chi connectivity index (χ4n) is 3.23. The molecular formula is C18H20N2O3. The van der Waals surface area contributed by atoms with Gasteiger partial charge in [0.15, 0.2) is 0 Å². The standard InChI is InChI=1S/C18H20N2O3/c1-2-7-18(8-3-9-18)17(23)19-14-4-5-15-13(11-14)6-10-20(15)12-16(21)22/h2,4-6,10-11H,1,3,7-9,12H2,(H,19,23)(H,21,22). The van der Waals surface area contributed by atoms with Crippen LogP contribution < -0.4 is 5.32 Å². The Morgan fingerprint density at radius 3 is 2.74 bits per heavy atom. The predicted octanol–water partition coefficient (Wildman–Crippen LogP) is 3.41. The number of benzene rings is 1. The minimum atomic E-state index is -0.878. The number of carboxylic acid groups (broad SMARTS) is 1. The minimum absolute atomic E-state index is 0.0490. The second-order valence-corrected chi connectivity index (χ2v) is 6.19. The molecule has 0 radical (unpaired) electrons. The first-order chi connectivity index (χ1) is 11.0. The van der Waals surface area contributed by atoms with Gasteiger partial charge in [0.25, 0.3) is 0 Å². The molecule has 2 N–H and O–H groups in total. The summed E-state index contributed by atoms with van der Waals surface area (Å²) in [6.45, 7) is 3.68. The zero-order valence-corrected chi connectivity index (χ0v) is 12.9. The lowest BCUT2D eigenvalue weighted by atomic mass is 9.66. The van der Waals surface area contributed by atoms with E-state index in [-0.39, 0.29) is 17.9 Å². The first-order valence-corrected chi connectivity index (χ1v) is 7.77. The molecule has 0 bridgehead atoms. The smallest absolute Gasteiger partial charge is 0.323 e. The van der Waals surface area contributed by atoms with Crippen LogP contribution in [-0.2, 0) is 16.1 Å². The third-order valence-corrected chi connectivity index (χ3v) is 4.66. The van der Waals surface area contributed by atoms with Gasteiger partial charge in [0.05, 0.1) is 5.41 Å². The van der Waals surface area contributed by atoms with E-state index in [1.54, 1.807) is 10.8 Å². The molecule has 5 nitrogen and oxygen atoms in total. The van der Waals surface area contributed by atoms with Crippen LogP contribution in [0.25, 0.3) is 10.9 Å². The predicted molar refractivity (Wildman–Crippen MR) is 89.3 cm³/mol. The van der Waals surface area contributed by atoms with Crippen LogP contribution in [0.2, 0.25) is 0 Å². The first kappa shape index (κ1) is 15.3. The molecule has 1 saturated carbocycles. The van der Waals surface area contributed by atoms with E-state index in [4.69, 9.17) is 5.11 Å². The average molecular weight is 312 g/mol. The summed E-state index contributed by atoms with van der Waals surface area (Å²) < 4.78 is 1.68. The molecule has 0 unspecified atom stereocenters. The van der Waals surface area contributed by atoms with Crippen LogP contribution in [0.1, 0.15) is 25.7 Å². The molecule has 1 aliphatic carbocycles. The van der Waals surface area contributed by atoms with E-state index < -0.39 is 5.97 Å². The van der Waals surface area contributed by atoms with Crippen molar-refractivity contribution in [1.82, 2.24) is 4.57 Å². The van der Waals surface area contributed by atoms with Crippen molar-refractivity contribution in [2.24, 2.45) is 5.41 Å². The number of nitrogens with one attached hydrogen (secondary N) is 1. The Bertz CT molecular complexity index is 772. The molecule has 0 aliphatic heterocycles. The lowest BCUT2D eigenvalue weighted by Crippen LogP contribution is -2.41. The third kappa shape index (κ3) is 2.86. The third-order valence-electron chi connectivity index (χ3n) is 4.66. The van der Waals surface area contributed by atoms with E-state index >= 15 is 0 Å². The Balaban J connectivity index is 1.80. The second-order valence-electron chi connectivity index (χ2n) is 6.19. The fraction of sp³-hybridized carbons (Fsp3) is 0.333. The molecule has 0 saturated heterocycles. The molecule has 1 aromatic carbocycles. The number of carbonyl (C=O) groups excluding carboxylic acids is 1. The zero-order chi connectivity index (χ0) is 16.4. The van der Waals surface area contributed by atoms with Gasteiger partial charge >= 0.3 is 5.97 Å². The van der Waals surface area contributed by atoms with Crippen molar-refractivity contribution >= 4 is 28.5 Å². The van der Waals surface area contributed by atoms with Crippen molar-refractivity contribution in [3.05, 3.63) is 43.1 Å².